The fraction of sp³-hybridized carbons (Fsp3) is 0. The van der Waals surface area contributed by atoms with E-state index < -0.39 is 57.4 Å². The zero-order valence-corrected chi connectivity index (χ0v) is 17.1. The normalized spacial score (nSPS) is 14.7. The minimum atomic E-state index is -5.17. The maximum absolute atomic E-state index is 10.2. The van der Waals surface area contributed by atoms with Crippen LogP contribution in [0.15, 0.2) is 0 Å². The maximum atomic E-state index is 10.2. The molecule has 0 rings (SSSR count). The van der Waals surface area contributed by atoms with Gasteiger partial charge in [0.2, 0.25) is 0 Å². The van der Waals surface area contributed by atoms with E-state index in [0.717, 1.165) is 0 Å². The van der Waals surface area contributed by atoms with E-state index in [0.29, 0.717) is 0 Å². The molecule has 0 aliphatic rings. The summed E-state index contributed by atoms with van der Waals surface area (Å²) in [5.74, 6) is 0. The van der Waals surface area contributed by atoms with Gasteiger partial charge in [-0.3, -0.25) is 26.9 Å². The van der Waals surface area contributed by atoms with Gasteiger partial charge in [0, 0.05) is 20.8 Å². The molecule has 0 bridgehead atoms. The molecule has 24 nitrogen and oxygen atoms in total. The Hall–Kier alpha value is -0.720. The van der Waals surface area contributed by atoms with Gasteiger partial charge < -0.3 is 47.9 Å². The summed E-state index contributed by atoms with van der Waals surface area (Å²) in [6.07, 6.45) is 0. The smallest absolute Gasteiger partial charge is 0.336 e. The van der Waals surface area contributed by atoms with Crippen LogP contribution in [-0.2, 0) is 84.8 Å². The fourth-order valence-corrected chi connectivity index (χ4v) is 1.22. The summed E-state index contributed by atoms with van der Waals surface area (Å²) in [4.78, 5) is 0. The van der Waals surface area contributed by atoms with E-state index >= 15 is 0 Å². The van der Waals surface area contributed by atoms with Gasteiger partial charge in [0.1, 0.15) is 0 Å². The average molecular weight is 576 g/mol. The lowest BCUT2D eigenvalue weighted by Crippen LogP contribution is -2.21. The third kappa shape index (κ3) is 29.5. The van der Waals surface area contributed by atoms with E-state index in [1.807, 2.05) is 0 Å². The van der Waals surface area contributed by atoms with E-state index in [-0.39, 0.29) is 0 Å². The third-order valence-electron chi connectivity index (χ3n) is 0.722. The molecule has 0 aromatic rings. The Morgan fingerprint density at radius 3 is 0.700 bits per heavy atom. The zero-order valence-electron chi connectivity index (χ0n) is 12.2. The molecule has 0 radical (unpaired) electrons. The van der Waals surface area contributed by atoms with Crippen molar-refractivity contribution in [3.63, 3.8) is 0 Å². The molecule has 0 aromatic carbocycles. The standard InChI is InChI=1S/2H2O8S2.2H2O4S/c2*1-6-8-10(5,7-2)9(3)4;2*1-5(2,3)4/h2*1-2H;2*(H2,1,2,3,4)/p-8. The van der Waals surface area contributed by atoms with Crippen LogP contribution in [0.25, 0.3) is 0 Å². The van der Waals surface area contributed by atoms with E-state index in [4.69, 9.17) is 45.6 Å². The summed E-state index contributed by atoms with van der Waals surface area (Å²) in [5, 5.41) is 41.4. The highest BCUT2D eigenvalue weighted by molar-refractivity contribution is 8.32. The van der Waals surface area contributed by atoms with Crippen molar-refractivity contribution in [3.8, 4) is 0 Å². The van der Waals surface area contributed by atoms with Gasteiger partial charge in [-0.25, -0.2) is 0 Å². The van der Waals surface area contributed by atoms with E-state index in [2.05, 4.69) is 27.4 Å². The average Bonchev–Trinajstić information content (AvgIpc) is 2.52. The molecule has 0 N–H and O–H groups in total. The highest BCUT2D eigenvalue weighted by atomic mass is 32.9. The lowest BCUT2D eigenvalue weighted by molar-refractivity contribution is -0.781. The molecule has 30 heteroatoms. The SMILES string of the molecule is O=S(=O)([O-])[O-].O=S(=O)([O-])[O-].O=S(=O)=S(=O)(O[O-])OO[O-].O=S(=O)=S(=O)(O[O-])OO[O-]. The van der Waals surface area contributed by atoms with Crippen LogP contribution in [-0.4, -0.2) is 60.3 Å². The number of hydrogen-bond donors (Lipinski definition) is 0. The van der Waals surface area contributed by atoms with Gasteiger partial charge in [0.25, 0.3) is 0 Å². The van der Waals surface area contributed by atoms with Crippen LogP contribution in [0.2, 0.25) is 0 Å². The Morgan fingerprint density at radius 1 is 0.500 bits per heavy atom. The molecule has 0 aliphatic heterocycles. The Balaban J connectivity index is -0.000000159. The second-order valence-electron chi connectivity index (χ2n) is 2.45. The largest absolute Gasteiger partial charge is 0.759 e. The van der Waals surface area contributed by atoms with Crippen molar-refractivity contribution in [2.45, 2.75) is 0 Å². The van der Waals surface area contributed by atoms with E-state index in [1.54, 1.807) is 0 Å². The summed E-state index contributed by atoms with van der Waals surface area (Å²) in [6.45, 7) is 0. The summed E-state index contributed by atoms with van der Waals surface area (Å²) in [5.41, 5.74) is 0. The molecule has 0 amide bonds. The minimum absolute atomic E-state index is 2.42. The first kappa shape index (κ1) is 36.6. The molecule has 2 unspecified atom stereocenters. The summed E-state index contributed by atoms with van der Waals surface area (Å²) in [6, 6.07) is 0. The maximum Gasteiger partial charge on any atom is 0.336 e. The van der Waals surface area contributed by atoms with Crippen molar-refractivity contribution < 1.29 is 109 Å². The van der Waals surface area contributed by atoms with Crippen LogP contribution >= 0.6 is 0 Å². The first-order valence-electron chi connectivity index (χ1n) is 4.33. The summed E-state index contributed by atoms with van der Waals surface area (Å²) < 4.78 is 138. The van der Waals surface area contributed by atoms with Crippen LogP contribution in [0.1, 0.15) is 0 Å². The highest BCUT2D eigenvalue weighted by Crippen LogP contribution is 1.91. The summed E-state index contributed by atoms with van der Waals surface area (Å²) >= 11 is 0. The molecule has 0 saturated carbocycles. The molecule has 0 saturated heterocycles. The van der Waals surface area contributed by atoms with Gasteiger partial charge in [-0.05, 0) is 0 Å². The van der Waals surface area contributed by atoms with Gasteiger partial charge in [0.15, 0.2) is 0 Å². The van der Waals surface area contributed by atoms with Crippen molar-refractivity contribution in [2.75, 3.05) is 0 Å². The van der Waals surface area contributed by atoms with Gasteiger partial charge in [-0.1, -0.05) is 0 Å². The Labute approximate surface area is 166 Å². The lowest BCUT2D eigenvalue weighted by atomic mass is 14.6. The van der Waals surface area contributed by atoms with Crippen molar-refractivity contribution in [2.24, 2.45) is 0 Å². The van der Waals surface area contributed by atoms with Crippen LogP contribution in [0, 0.1) is 0 Å². The Morgan fingerprint density at radius 2 is 0.667 bits per heavy atom. The Bertz CT molecular complexity index is 992. The number of rotatable bonds is 6. The second-order valence-corrected chi connectivity index (χ2v) is 11.2. The van der Waals surface area contributed by atoms with Crippen molar-refractivity contribution in [1.29, 1.82) is 0 Å². The van der Waals surface area contributed by atoms with Gasteiger partial charge >= 0.3 is 36.6 Å². The van der Waals surface area contributed by atoms with Crippen molar-refractivity contribution in [1.82, 2.24) is 0 Å². The highest BCUT2D eigenvalue weighted by Gasteiger charge is 2.06. The molecule has 0 heterocycles. The first-order valence-corrected chi connectivity index (χ1v) is 13.0. The van der Waals surface area contributed by atoms with E-state index in [1.165, 1.54) is 0 Å². The molecule has 0 aromatic heterocycles. The van der Waals surface area contributed by atoms with Crippen LogP contribution < -0.4 is 21.0 Å². The second kappa shape index (κ2) is 16.9. The minimum Gasteiger partial charge on any atom is -0.759 e. The molecule has 188 valence electrons. The van der Waals surface area contributed by atoms with E-state index in [9.17, 15) is 35.8 Å². The molecular formula is O24S6-8. The predicted molar refractivity (Wildman–Crippen MR) is 61.6 cm³/mol. The third-order valence-corrected chi connectivity index (χ3v) is 4.83. The Kier molecular flexibility index (Phi) is 20.7. The zero-order chi connectivity index (χ0) is 25.4. The monoisotopic (exact) mass is 576 g/mol. The quantitative estimate of drug-likeness (QED) is 0.122. The van der Waals surface area contributed by atoms with Gasteiger partial charge in [-0.15, -0.1) is 8.67 Å². The molecule has 30 heavy (non-hydrogen) atoms. The van der Waals surface area contributed by atoms with Gasteiger partial charge in [-0.2, -0.15) is 25.3 Å². The van der Waals surface area contributed by atoms with Crippen LogP contribution in [0.3, 0.4) is 0 Å². The fourth-order valence-electron chi connectivity index (χ4n) is 0.181. The summed E-state index contributed by atoms with van der Waals surface area (Å²) in [7, 11) is -26.6. The first-order chi connectivity index (χ1) is 13.1. The topological polar surface area (TPSA) is 411 Å². The lowest BCUT2D eigenvalue weighted by Gasteiger charge is -2.09. The predicted octanol–water partition coefficient (Wildman–Crippen LogP) is -9.86. The van der Waals surface area contributed by atoms with Crippen LogP contribution in [0.5, 0.6) is 0 Å². The molecule has 0 spiro atoms. The molecule has 0 fully saturated rings. The molecule has 2 atom stereocenters. The number of hydrogen-bond acceptors (Lipinski definition) is 24. The van der Waals surface area contributed by atoms with Gasteiger partial charge in [0.05, 0.1) is 0 Å². The van der Waals surface area contributed by atoms with Crippen molar-refractivity contribution in [3.05, 3.63) is 0 Å². The molecular weight excluding hydrogens is 576 g/mol. The molecule has 0 aliphatic carbocycles. The van der Waals surface area contributed by atoms with Crippen LogP contribution in [0.4, 0.5) is 0 Å². The van der Waals surface area contributed by atoms with Crippen molar-refractivity contribution >= 4 is 57.4 Å².